The molecule has 1 unspecified atom stereocenters. The normalized spacial score (nSPS) is 12.2. The van der Waals surface area contributed by atoms with Crippen LogP contribution < -0.4 is 10.1 Å². The van der Waals surface area contributed by atoms with Crippen LogP contribution in [0.15, 0.2) is 6.20 Å². The van der Waals surface area contributed by atoms with Crippen molar-refractivity contribution < 1.29 is 9.47 Å². The number of halogens is 1. The molecule has 0 radical (unpaired) electrons. The Morgan fingerprint density at radius 2 is 2.24 bits per heavy atom. The van der Waals surface area contributed by atoms with Gasteiger partial charge >= 0.3 is 0 Å². The number of aromatic nitrogens is 2. The third-order valence-corrected chi connectivity index (χ3v) is 2.18. The maximum Gasteiger partial charge on any atom is 0.237 e. The van der Waals surface area contributed by atoms with Crippen LogP contribution in [0.5, 0.6) is 5.88 Å². The van der Waals surface area contributed by atoms with Gasteiger partial charge in [0.25, 0.3) is 0 Å². The van der Waals surface area contributed by atoms with Crippen LogP contribution in [0.2, 0.25) is 5.02 Å². The number of nitrogens with one attached hydrogen (secondary N) is 1. The summed E-state index contributed by atoms with van der Waals surface area (Å²) >= 11 is 5.96. The average Bonchev–Trinajstić information content (AvgIpc) is 2.31. The summed E-state index contributed by atoms with van der Waals surface area (Å²) in [7, 11) is 0. The molecule has 0 spiro atoms. The topological polar surface area (TPSA) is 56.3 Å². The van der Waals surface area contributed by atoms with E-state index in [0.717, 1.165) is 6.54 Å². The highest BCUT2D eigenvalue weighted by atomic mass is 35.5. The summed E-state index contributed by atoms with van der Waals surface area (Å²) in [6.07, 6.45) is 1.42. The van der Waals surface area contributed by atoms with Gasteiger partial charge in [-0.3, -0.25) is 0 Å². The van der Waals surface area contributed by atoms with E-state index < -0.39 is 0 Å². The second-order valence-corrected chi connectivity index (χ2v) is 3.87. The van der Waals surface area contributed by atoms with Crippen molar-refractivity contribution in [3.8, 4) is 5.88 Å². The summed E-state index contributed by atoms with van der Waals surface area (Å²) in [5.41, 5.74) is 0. The second-order valence-electron chi connectivity index (χ2n) is 3.46. The van der Waals surface area contributed by atoms with Crippen molar-refractivity contribution in [2.24, 2.45) is 0 Å². The summed E-state index contributed by atoms with van der Waals surface area (Å²) in [6.45, 7) is 7.72. The highest BCUT2D eigenvalue weighted by Gasteiger charge is 2.10. The highest BCUT2D eigenvalue weighted by molar-refractivity contribution is 6.31. The summed E-state index contributed by atoms with van der Waals surface area (Å²) in [4.78, 5) is 8.21. The number of hydrogen-bond donors (Lipinski definition) is 1. The molecule has 1 N–H and O–H groups in total. The van der Waals surface area contributed by atoms with E-state index in [1.54, 1.807) is 0 Å². The van der Waals surface area contributed by atoms with E-state index in [9.17, 15) is 0 Å². The van der Waals surface area contributed by atoms with Crippen molar-refractivity contribution in [1.82, 2.24) is 9.97 Å². The molecule has 0 aliphatic carbocycles. The van der Waals surface area contributed by atoms with Crippen LogP contribution in [0.1, 0.15) is 20.8 Å². The molecular weight excluding hydrogens is 242 g/mol. The summed E-state index contributed by atoms with van der Waals surface area (Å²) in [5, 5.41) is 3.40. The zero-order chi connectivity index (χ0) is 12.7. The maximum atomic E-state index is 5.96. The van der Waals surface area contributed by atoms with Crippen molar-refractivity contribution >= 4 is 17.5 Å². The lowest BCUT2D eigenvalue weighted by Crippen LogP contribution is -2.20. The van der Waals surface area contributed by atoms with Crippen molar-refractivity contribution in [2.75, 3.05) is 25.1 Å². The van der Waals surface area contributed by atoms with Gasteiger partial charge in [0.15, 0.2) is 0 Å². The predicted molar refractivity (Wildman–Crippen MR) is 67.8 cm³/mol. The summed E-state index contributed by atoms with van der Waals surface area (Å²) in [5.74, 6) is 0.889. The van der Waals surface area contributed by atoms with Crippen molar-refractivity contribution in [2.45, 2.75) is 26.9 Å². The standard InChI is InChI=1S/C11H18ClN3O2/c1-4-13-11-14-6-9(12)10(15-11)17-8(3)7-16-5-2/h6,8H,4-5,7H2,1-3H3,(H,13,14,15). The number of rotatable bonds is 7. The van der Waals surface area contributed by atoms with Gasteiger partial charge in [-0.25, -0.2) is 4.98 Å². The lowest BCUT2D eigenvalue weighted by atomic mass is 10.4. The average molecular weight is 260 g/mol. The van der Waals surface area contributed by atoms with Crippen LogP contribution in [0, 0.1) is 0 Å². The molecule has 1 atom stereocenters. The summed E-state index contributed by atoms with van der Waals surface area (Å²) in [6, 6.07) is 0. The molecule has 0 aliphatic heterocycles. The molecule has 1 aromatic rings. The van der Waals surface area contributed by atoms with Gasteiger partial charge in [0.1, 0.15) is 11.1 Å². The molecule has 6 heteroatoms. The third kappa shape index (κ3) is 4.75. The van der Waals surface area contributed by atoms with Gasteiger partial charge in [0.2, 0.25) is 11.8 Å². The SMILES string of the molecule is CCNc1ncc(Cl)c(OC(C)COCC)n1. The monoisotopic (exact) mass is 259 g/mol. The van der Waals surface area contributed by atoms with Crippen molar-refractivity contribution in [3.05, 3.63) is 11.2 Å². The van der Waals surface area contributed by atoms with Gasteiger partial charge in [-0.1, -0.05) is 11.6 Å². The van der Waals surface area contributed by atoms with Gasteiger partial charge in [-0.05, 0) is 20.8 Å². The fraction of sp³-hybridized carbons (Fsp3) is 0.636. The van der Waals surface area contributed by atoms with Gasteiger partial charge in [0, 0.05) is 13.2 Å². The maximum absolute atomic E-state index is 5.96. The predicted octanol–water partition coefficient (Wildman–Crippen LogP) is 2.37. The Balaban J connectivity index is 2.64. The minimum absolute atomic E-state index is 0.100. The quantitative estimate of drug-likeness (QED) is 0.815. The Labute approximate surface area is 107 Å². The fourth-order valence-electron chi connectivity index (χ4n) is 1.19. The summed E-state index contributed by atoms with van der Waals surface area (Å²) < 4.78 is 10.8. The van der Waals surface area contributed by atoms with E-state index in [-0.39, 0.29) is 6.10 Å². The Morgan fingerprint density at radius 1 is 1.47 bits per heavy atom. The molecule has 0 saturated carbocycles. The second kappa shape index (κ2) is 7.29. The molecule has 0 amide bonds. The Bertz CT molecular complexity index is 349. The smallest absolute Gasteiger partial charge is 0.237 e. The van der Waals surface area contributed by atoms with Gasteiger partial charge < -0.3 is 14.8 Å². The Kier molecular flexibility index (Phi) is 6.00. The lowest BCUT2D eigenvalue weighted by molar-refractivity contribution is 0.0634. The molecule has 1 rings (SSSR count). The molecule has 0 aromatic carbocycles. The van der Waals surface area contributed by atoms with Crippen LogP contribution >= 0.6 is 11.6 Å². The first kappa shape index (κ1) is 14.0. The molecule has 0 saturated heterocycles. The molecule has 1 aromatic heterocycles. The molecule has 1 heterocycles. The molecule has 17 heavy (non-hydrogen) atoms. The van der Waals surface area contributed by atoms with E-state index in [4.69, 9.17) is 21.1 Å². The van der Waals surface area contributed by atoms with E-state index in [1.165, 1.54) is 6.20 Å². The van der Waals surface area contributed by atoms with Crippen LogP contribution in [-0.2, 0) is 4.74 Å². The van der Waals surface area contributed by atoms with Crippen molar-refractivity contribution in [3.63, 3.8) is 0 Å². The lowest BCUT2D eigenvalue weighted by Gasteiger charge is -2.15. The highest BCUT2D eigenvalue weighted by Crippen LogP contribution is 2.22. The zero-order valence-electron chi connectivity index (χ0n) is 10.4. The largest absolute Gasteiger partial charge is 0.471 e. The first-order valence-electron chi connectivity index (χ1n) is 5.68. The molecule has 5 nitrogen and oxygen atoms in total. The number of nitrogens with zero attached hydrogens (tertiary/aromatic N) is 2. The number of ether oxygens (including phenoxy) is 2. The molecule has 0 bridgehead atoms. The van der Waals surface area contributed by atoms with Gasteiger partial charge in [-0.15, -0.1) is 0 Å². The van der Waals surface area contributed by atoms with Gasteiger partial charge in [-0.2, -0.15) is 4.98 Å². The van der Waals surface area contributed by atoms with Crippen molar-refractivity contribution in [1.29, 1.82) is 0 Å². The first-order valence-corrected chi connectivity index (χ1v) is 6.06. The van der Waals surface area contributed by atoms with Crippen LogP contribution in [0.4, 0.5) is 5.95 Å². The molecular formula is C11H18ClN3O2. The third-order valence-electron chi connectivity index (χ3n) is 1.92. The molecule has 96 valence electrons. The van der Waals surface area contributed by atoms with Crippen LogP contribution in [0.25, 0.3) is 0 Å². The number of hydrogen-bond acceptors (Lipinski definition) is 5. The van der Waals surface area contributed by atoms with E-state index >= 15 is 0 Å². The van der Waals surface area contributed by atoms with Crippen LogP contribution in [-0.4, -0.2) is 35.8 Å². The van der Waals surface area contributed by atoms with E-state index in [1.807, 2.05) is 20.8 Å². The first-order chi connectivity index (χ1) is 8.17. The minimum Gasteiger partial charge on any atom is -0.471 e. The fourth-order valence-corrected chi connectivity index (χ4v) is 1.32. The zero-order valence-corrected chi connectivity index (χ0v) is 11.1. The Hall–Kier alpha value is -1.07. The number of anilines is 1. The Morgan fingerprint density at radius 3 is 2.88 bits per heavy atom. The minimum atomic E-state index is -0.100. The van der Waals surface area contributed by atoms with Crippen LogP contribution in [0.3, 0.4) is 0 Å². The molecule has 0 fully saturated rings. The molecule has 0 aliphatic rings. The van der Waals surface area contributed by atoms with E-state index in [2.05, 4.69) is 15.3 Å². The van der Waals surface area contributed by atoms with Gasteiger partial charge in [0.05, 0.1) is 12.8 Å². The van der Waals surface area contributed by atoms with E-state index in [0.29, 0.717) is 30.1 Å².